The molecule has 0 unspecified atom stereocenters. The van der Waals surface area contributed by atoms with Gasteiger partial charge in [-0.3, -0.25) is 4.79 Å². The molecule has 1 saturated carbocycles. The van der Waals surface area contributed by atoms with Crippen LogP contribution in [-0.2, 0) is 9.53 Å². The van der Waals surface area contributed by atoms with Crippen LogP contribution in [0.2, 0.25) is 0 Å². The van der Waals surface area contributed by atoms with Crippen molar-refractivity contribution in [2.24, 2.45) is 0 Å². The molecule has 1 N–H and O–H groups in total. The molecule has 1 aliphatic carbocycles. The third-order valence-corrected chi connectivity index (χ3v) is 3.28. The maximum Gasteiger partial charge on any atom is 0.250 e. The third-order valence-electron chi connectivity index (χ3n) is 3.28. The van der Waals surface area contributed by atoms with Gasteiger partial charge in [-0.25, -0.2) is 0 Å². The average molecular weight is 258 g/mol. The molecule has 1 aromatic rings. The summed E-state index contributed by atoms with van der Waals surface area (Å²) in [6.07, 6.45) is 5.99. The molecule has 1 aliphatic rings. The summed E-state index contributed by atoms with van der Waals surface area (Å²) in [6, 6.07) is 8.91. The van der Waals surface area contributed by atoms with E-state index in [0.29, 0.717) is 11.3 Å². The molecule has 19 heavy (non-hydrogen) atoms. The van der Waals surface area contributed by atoms with E-state index >= 15 is 0 Å². The highest BCUT2D eigenvalue weighted by molar-refractivity contribution is 5.91. The van der Waals surface area contributed by atoms with Crippen LogP contribution >= 0.6 is 0 Å². The van der Waals surface area contributed by atoms with Crippen LogP contribution in [0.1, 0.15) is 37.7 Å². The number of anilines is 1. The fourth-order valence-electron chi connectivity index (χ4n) is 2.29. The van der Waals surface area contributed by atoms with Gasteiger partial charge in [0.25, 0.3) is 0 Å². The maximum atomic E-state index is 11.7. The number of nitrogens with zero attached hydrogens (tertiary/aromatic N) is 1. The lowest BCUT2D eigenvalue weighted by molar-refractivity contribution is -0.123. The SMILES string of the molecule is N#Cc1cccc(NC(=O)COC2CCCCC2)c1. The van der Waals surface area contributed by atoms with Gasteiger partial charge in [0.1, 0.15) is 6.61 Å². The molecular weight excluding hydrogens is 240 g/mol. The number of carbonyl (C=O) groups excluding carboxylic acids is 1. The Balaban J connectivity index is 1.78. The lowest BCUT2D eigenvalue weighted by Crippen LogP contribution is -2.24. The van der Waals surface area contributed by atoms with Crippen LogP contribution < -0.4 is 5.32 Å². The quantitative estimate of drug-likeness (QED) is 0.903. The van der Waals surface area contributed by atoms with Crippen molar-refractivity contribution < 1.29 is 9.53 Å². The van der Waals surface area contributed by atoms with Gasteiger partial charge < -0.3 is 10.1 Å². The Hall–Kier alpha value is -1.86. The van der Waals surface area contributed by atoms with Crippen molar-refractivity contribution in [1.82, 2.24) is 0 Å². The Morgan fingerprint density at radius 1 is 1.37 bits per heavy atom. The maximum absolute atomic E-state index is 11.7. The summed E-state index contributed by atoms with van der Waals surface area (Å²) in [4.78, 5) is 11.7. The minimum atomic E-state index is -0.166. The standard InChI is InChI=1S/C15H18N2O2/c16-10-12-5-4-6-13(9-12)17-15(18)11-19-14-7-2-1-3-8-14/h4-6,9,14H,1-3,7-8,11H2,(H,17,18). The van der Waals surface area contributed by atoms with Crippen molar-refractivity contribution in [3.05, 3.63) is 29.8 Å². The number of hydrogen-bond acceptors (Lipinski definition) is 3. The van der Waals surface area contributed by atoms with Crippen molar-refractivity contribution in [2.75, 3.05) is 11.9 Å². The highest BCUT2D eigenvalue weighted by Crippen LogP contribution is 2.20. The van der Waals surface area contributed by atoms with E-state index in [-0.39, 0.29) is 18.6 Å². The lowest BCUT2D eigenvalue weighted by Gasteiger charge is -2.21. The number of hydrogen-bond donors (Lipinski definition) is 1. The fraction of sp³-hybridized carbons (Fsp3) is 0.467. The third kappa shape index (κ3) is 4.38. The second-order valence-electron chi connectivity index (χ2n) is 4.81. The second kappa shape index (κ2) is 6.91. The van der Waals surface area contributed by atoms with Crippen molar-refractivity contribution in [2.45, 2.75) is 38.2 Å². The van der Waals surface area contributed by atoms with Gasteiger partial charge in [-0.05, 0) is 31.0 Å². The second-order valence-corrected chi connectivity index (χ2v) is 4.81. The van der Waals surface area contributed by atoms with Crippen LogP contribution in [0.3, 0.4) is 0 Å². The van der Waals surface area contributed by atoms with Crippen LogP contribution in [0, 0.1) is 11.3 Å². The molecular formula is C15H18N2O2. The van der Waals surface area contributed by atoms with Gasteiger partial charge in [-0.15, -0.1) is 0 Å². The summed E-state index contributed by atoms with van der Waals surface area (Å²) >= 11 is 0. The first-order chi connectivity index (χ1) is 9.28. The minimum Gasteiger partial charge on any atom is -0.368 e. The number of ether oxygens (including phenoxy) is 1. The van der Waals surface area contributed by atoms with E-state index in [2.05, 4.69) is 5.32 Å². The monoisotopic (exact) mass is 258 g/mol. The number of nitrogens with one attached hydrogen (secondary N) is 1. The van der Waals surface area contributed by atoms with Gasteiger partial charge in [0, 0.05) is 5.69 Å². The summed E-state index contributed by atoms with van der Waals surface area (Å²) in [7, 11) is 0. The molecule has 0 spiro atoms. The zero-order valence-electron chi connectivity index (χ0n) is 10.9. The zero-order valence-corrected chi connectivity index (χ0v) is 10.9. The van der Waals surface area contributed by atoms with Gasteiger partial charge in [0.2, 0.25) is 5.91 Å². The summed E-state index contributed by atoms with van der Waals surface area (Å²) < 4.78 is 5.60. The molecule has 0 radical (unpaired) electrons. The van der Waals surface area contributed by atoms with Crippen molar-refractivity contribution in [3.63, 3.8) is 0 Å². The molecule has 100 valence electrons. The molecule has 1 amide bonds. The van der Waals surface area contributed by atoms with E-state index in [1.807, 2.05) is 6.07 Å². The smallest absolute Gasteiger partial charge is 0.250 e. The zero-order chi connectivity index (χ0) is 13.5. The molecule has 4 heteroatoms. The summed E-state index contributed by atoms with van der Waals surface area (Å²) in [5.74, 6) is -0.166. The molecule has 0 atom stereocenters. The fourth-order valence-corrected chi connectivity index (χ4v) is 2.29. The number of nitriles is 1. The molecule has 0 bridgehead atoms. The first kappa shape index (κ1) is 13.6. The Labute approximate surface area is 113 Å². The minimum absolute atomic E-state index is 0.0848. The first-order valence-electron chi connectivity index (χ1n) is 6.69. The normalized spacial score (nSPS) is 15.7. The summed E-state index contributed by atoms with van der Waals surface area (Å²) in [5, 5.41) is 11.5. The molecule has 1 aromatic carbocycles. The van der Waals surface area contributed by atoms with Crippen LogP contribution in [0.4, 0.5) is 5.69 Å². The number of rotatable bonds is 4. The molecule has 1 fully saturated rings. The van der Waals surface area contributed by atoms with Crippen LogP contribution in [0.5, 0.6) is 0 Å². The Morgan fingerprint density at radius 2 is 2.16 bits per heavy atom. The van der Waals surface area contributed by atoms with E-state index in [1.165, 1.54) is 19.3 Å². The molecule has 0 aliphatic heterocycles. The number of carbonyl (C=O) groups is 1. The van der Waals surface area contributed by atoms with Crippen LogP contribution in [0.15, 0.2) is 24.3 Å². The Morgan fingerprint density at radius 3 is 2.89 bits per heavy atom. The number of benzene rings is 1. The van der Waals surface area contributed by atoms with E-state index in [9.17, 15) is 4.79 Å². The summed E-state index contributed by atoms with van der Waals surface area (Å²) in [6.45, 7) is 0.0848. The summed E-state index contributed by atoms with van der Waals surface area (Å²) in [5.41, 5.74) is 1.17. The first-order valence-corrected chi connectivity index (χ1v) is 6.69. The molecule has 4 nitrogen and oxygen atoms in total. The Kier molecular flexibility index (Phi) is 4.93. The topological polar surface area (TPSA) is 62.1 Å². The average Bonchev–Trinajstić information content (AvgIpc) is 2.46. The van der Waals surface area contributed by atoms with Crippen molar-refractivity contribution in [3.8, 4) is 6.07 Å². The van der Waals surface area contributed by atoms with Gasteiger partial charge in [0.05, 0.1) is 17.7 Å². The molecule has 0 saturated heterocycles. The largest absolute Gasteiger partial charge is 0.368 e. The van der Waals surface area contributed by atoms with E-state index in [1.54, 1.807) is 24.3 Å². The highest BCUT2D eigenvalue weighted by Gasteiger charge is 2.15. The van der Waals surface area contributed by atoms with E-state index in [0.717, 1.165) is 12.8 Å². The van der Waals surface area contributed by atoms with E-state index in [4.69, 9.17) is 10.00 Å². The van der Waals surface area contributed by atoms with Gasteiger partial charge in [-0.1, -0.05) is 25.3 Å². The molecule has 0 heterocycles. The van der Waals surface area contributed by atoms with E-state index < -0.39 is 0 Å². The van der Waals surface area contributed by atoms with Crippen LogP contribution in [-0.4, -0.2) is 18.6 Å². The van der Waals surface area contributed by atoms with Crippen LogP contribution in [0.25, 0.3) is 0 Å². The van der Waals surface area contributed by atoms with Gasteiger partial charge >= 0.3 is 0 Å². The highest BCUT2D eigenvalue weighted by atomic mass is 16.5. The van der Waals surface area contributed by atoms with Crippen molar-refractivity contribution in [1.29, 1.82) is 5.26 Å². The predicted molar refractivity (Wildman–Crippen MR) is 72.6 cm³/mol. The van der Waals surface area contributed by atoms with Gasteiger partial charge in [0.15, 0.2) is 0 Å². The molecule has 0 aromatic heterocycles. The lowest BCUT2D eigenvalue weighted by atomic mass is 9.98. The molecule has 2 rings (SSSR count). The Bertz CT molecular complexity index is 473. The predicted octanol–water partition coefficient (Wildman–Crippen LogP) is 2.85. The number of amides is 1. The van der Waals surface area contributed by atoms with Crippen molar-refractivity contribution >= 4 is 11.6 Å². The van der Waals surface area contributed by atoms with Gasteiger partial charge in [-0.2, -0.15) is 5.26 Å².